The van der Waals surface area contributed by atoms with Crippen molar-refractivity contribution in [2.24, 2.45) is 5.73 Å². The van der Waals surface area contributed by atoms with Gasteiger partial charge in [-0.25, -0.2) is 0 Å². The molecule has 0 aliphatic heterocycles. The predicted molar refractivity (Wildman–Crippen MR) is 77.0 cm³/mol. The lowest BCUT2D eigenvalue weighted by Crippen LogP contribution is -2.09. The van der Waals surface area contributed by atoms with E-state index in [1.807, 2.05) is 19.1 Å². The van der Waals surface area contributed by atoms with Crippen LogP contribution in [0.1, 0.15) is 38.3 Å². The van der Waals surface area contributed by atoms with Crippen LogP contribution in [0, 0.1) is 0 Å². The van der Waals surface area contributed by atoms with Crippen molar-refractivity contribution in [3.8, 4) is 5.75 Å². The van der Waals surface area contributed by atoms with Crippen molar-refractivity contribution in [3.05, 3.63) is 42.0 Å². The average Bonchev–Trinajstić information content (AvgIpc) is 2.38. The molecule has 0 aromatic heterocycles. The number of ether oxygens (including phenoxy) is 1. The second-order valence-electron chi connectivity index (χ2n) is 4.70. The van der Waals surface area contributed by atoms with Gasteiger partial charge >= 0.3 is 0 Å². The number of hydrogen-bond acceptors (Lipinski definition) is 2. The summed E-state index contributed by atoms with van der Waals surface area (Å²) in [4.78, 5) is 0. The smallest absolute Gasteiger partial charge is 0.131 e. The molecule has 0 saturated carbocycles. The van der Waals surface area contributed by atoms with E-state index >= 15 is 0 Å². The van der Waals surface area contributed by atoms with Gasteiger partial charge in [0.2, 0.25) is 0 Å². The molecule has 0 aliphatic rings. The first kappa shape index (κ1) is 12.9. The Morgan fingerprint density at radius 1 is 1.17 bits per heavy atom. The van der Waals surface area contributed by atoms with Crippen molar-refractivity contribution < 1.29 is 4.74 Å². The molecule has 0 fully saturated rings. The second kappa shape index (κ2) is 5.87. The molecular formula is C16H21NO. The van der Waals surface area contributed by atoms with Gasteiger partial charge in [-0.3, -0.25) is 0 Å². The molecule has 96 valence electrons. The van der Waals surface area contributed by atoms with Crippen LogP contribution in [0.2, 0.25) is 0 Å². The Morgan fingerprint density at radius 2 is 1.94 bits per heavy atom. The van der Waals surface area contributed by atoms with E-state index in [2.05, 4.69) is 31.2 Å². The minimum absolute atomic E-state index is 0.00812. The maximum atomic E-state index is 6.03. The van der Waals surface area contributed by atoms with Gasteiger partial charge in [0.05, 0.1) is 6.61 Å². The highest BCUT2D eigenvalue weighted by atomic mass is 16.5. The standard InChI is InChI=1S/C16H21NO/c1-3-4-11-18-16-14(12(2)17)10-9-13-7-5-6-8-15(13)16/h5-10,12H,3-4,11,17H2,1-2H3/t12-/m0/s1. The quantitative estimate of drug-likeness (QED) is 0.804. The summed E-state index contributed by atoms with van der Waals surface area (Å²) in [5.74, 6) is 0.955. The van der Waals surface area contributed by atoms with Crippen LogP contribution in [0.15, 0.2) is 36.4 Å². The van der Waals surface area contributed by atoms with Gasteiger partial charge in [0.1, 0.15) is 5.75 Å². The normalized spacial score (nSPS) is 12.6. The van der Waals surface area contributed by atoms with Crippen molar-refractivity contribution in [3.63, 3.8) is 0 Å². The Morgan fingerprint density at radius 3 is 2.67 bits per heavy atom. The number of nitrogens with two attached hydrogens (primary N) is 1. The molecule has 0 radical (unpaired) electrons. The summed E-state index contributed by atoms with van der Waals surface area (Å²) < 4.78 is 5.97. The van der Waals surface area contributed by atoms with Crippen LogP contribution in [0.4, 0.5) is 0 Å². The lowest BCUT2D eigenvalue weighted by Gasteiger charge is -2.16. The van der Waals surface area contributed by atoms with Crippen LogP contribution in [0.25, 0.3) is 10.8 Å². The number of benzene rings is 2. The third-order valence-electron chi connectivity index (χ3n) is 3.14. The first-order valence-corrected chi connectivity index (χ1v) is 6.64. The fourth-order valence-electron chi connectivity index (χ4n) is 2.10. The maximum absolute atomic E-state index is 6.03. The van der Waals surface area contributed by atoms with E-state index in [1.165, 1.54) is 5.39 Å². The fraction of sp³-hybridized carbons (Fsp3) is 0.375. The first-order chi connectivity index (χ1) is 8.74. The second-order valence-corrected chi connectivity index (χ2v) is 4.70. The van der Waals surface area contributed by atoms with E-state index in [-0.39, 0.29) is 6.04 Å². The molecule has 0 amide bonds. The summed E-state index contributed by atoms with van der Waals surface area (Å²) in [5, 5.41) is 2.36. The van der Waals surface area contributed by atoms with E-state index in [1.54, 1.807) is 0 Å². The zero-order valence-corrected chi connectivity index (χ0v) is 11.1. The molecule has 1 atom stereocenters. The average molecular weight is 243 g/mol. The highest BCUT2D eigenvalue weighted by Gasteiger charge is 2.11. The van der Waals surface area contributed by atoms with E-state index in [4.69, 9.17) is 10.5 Å². The maximum Gasteiger partial charge on any atom is 0.131 e. The third-order valence-corrected chi connectivity index (χ3v) is 3.14. The number of unbranched alkanes of at least 4 members (excludes halogenated alkanes) is 1. The minimum atomic E-state index is -0.00812. The Balaban J connectivity index is 2.45. The summed E-state index contributed by atoms with van der Waals surface area (Å²) in [5.41, 5.74) is 7.12. The van der Waals surface area contributed by atoms with Crippen LogP contribution < -0.4 is 10.5 Å². The highest BCUT2D eigenvalue weighted by molar-refractivity contribution is 5.89. The zero-order chi connectivity index (χ0) is 13.0. The topological polar surface area (TPSA) is 35.2 Å². The summed E-state index contributed by atoms with van der Waals surface area (Å²) in [6.45, 7) is 4.92. The summed E-state index contributed by atoms with van der Waals surface area (Å²) in [7, 11) is 0. The monoisotopic (exact) mass is 243 g/mol. The third kappa shape index (κ3) is 2.65. The van der Waals surface area contributed by atoms with E-state index < -0.39 is 0 Å². The van der Waals surface area contributed by atoms with Crippen molar-refractivity contribution in [2.45, 2.75) is 32.7 Å². The lowest BCUT2D eigenvalue weighted by atomic mass is 10.0. The Labute approximate surface area is 109 Å². The van der Waals surface area contributed by atoms with Gasteiger partial charge < -0.3 is 10.5 Å². The van der Waals surface area contributed by atoms with Crippen LogP contribution in [0.3, 0.4) is 0 Å². The molecule has 0 bridgehead atoms. The van der Waals surface area contributed by atoms with Crippen molar-refractivity contribution in [2.75, 3.05) is 6.61 Å². The van der Waals surface area contributed by atoms with Gasteiger partial charge in [0.15, 0.2) is 0 Å². The molecular weight excluding hydrogens is 222 g/mol. The summed E-state index contributed by atoms with van der Waals surface area (Å²) in [6.07, 6.45) is 2.21. The van der Waals surface area contributed by atoms with E-state index in [0.29, 0.717) is 0 Å². The van der Waals surface area contributed by atoms with E-state index in [9.17, 15) is 0 Å². The largest absolute Gasteiger partial charge is 0.493 e. The number of rotatable bonds is 5. The predicted octanol–water partition coefficient (Wildman–Crippen LogP) is 4.04. The highest BCUT2D eigenvalue weighted by Crippen LogP contribution is 2.33. The molecule has 2 nitrogen and oxygen atoms in total. The van der Waals surface area contributed by atoms with Crippen molar-refractivity contribution in [1.29, 1.82) is 0 Å². The molecule has 2 N–H and O–H groups in total. The summed E-state index contributed by atoms with van der Waals surface area (Å²) >= 11 is 0. The van der Waals surface area contributed by atoms with Gasteiger partial charge in [-0.05, 0) is 18.7 Å². The van der Waals surface area contributed by atoms with E-state index in [0.717, 1.165) is 36.1 Å². The van der Waals surface area contributed by atoms with Crippen molar-refractivity contribution in [1.82, 2.24) is 0 Å². The molecule has 2 rings (SSSR count). The van der Waals surface area contributed by atoms with Crippen LogP contribution in [0.5, 0.6) is 5.75 Å². The van der Waals surface area contributed by atoms with Gasteiger partial charge in [0, 0.05) is 17.0 Å². The molecule has 2 aromatic rings. The van der Waals surface area contributed by atoms with Gasteiger partial charge in [0.25, 0.3) is 0 Å². The molecule has 2 aromatic carbocycles. The van der Waals surface area contributed by atoms with Crippen LogP contribution >= 0.6 is 0 Å². The number of fused-ring (bicyclic) bond motifs is 1. The Bertz CT molecular complexity index is 519. The molecule has 0 saturated heterocycles. The Kier molecular flexibility index (Phi) is 4.21. The molecule has 2 heteroatoms. The molecule has 18 heavy (non-hydrogen) atoms. The summed E-state index contributed by atoms with van der Waals surface area (Å²) in [6, 6.07) is 12.5. The lowest BCUT2D eigenvalue weighted by molar-refractivity contribution is 0.308. The Hall–Kier alpha value is -1.54. The fourth-order valence-corrected chi connectivity index (χ4v) is 2.10. The van der Waals surface area contributed by atoms with Crippen molar-refractivity contribution >= 4 is 10.8 Å². The molecule has 0 spiro atoms. The van der Waals surface area contributed by atoms with Crippen LogP contribution in [-0.2, 0) is 0 Å². The van der Waals surface area contributed by atoms with Gasteiger partial charge in [-0.2, -0.15) is 0 Å². The zero-order valence-electron chi connectivity index (χ0n) is 11.1. The number of hydrogen-bond donors (Lipinski definition) is 1. The molecule has 0 unspecified atom stereocenters. The molecule has 0 heterocycles. The van der Waals surface area contributed by atoms with Crippen LogP contribution in [-0.4, -0.2) is 6.61 Å². The molecule has 0 aliphatic carbocycles. The van der Waals surface area contributed by atoms with Gasteiger partial charge in [-0.1, -0.05) is 49.7 Å². The first-order valence-electron chi connectivity index (χ1n) is 6.64. The van der Waals surface area contributed by atoms with Gasteiger partial charge in [-0.15, -0.1) is 0 Å². The minimum Gasteiger partial charge on any atom is -0.493 e. The SMILES string of the molecule is CCCCOc1c([C@H](C)N)ccc2ccccc12.